The molecule has 0 aliphatic heterocycles. The van der Waals surface area contributed by atoms with E-state index in [2.05, 4.69) is 15.6 Å². The van der Waals surface area contributed by atoms with Crippen LogP contribution in [0.2, 0.25) is 0 Å². The van der Waals surface area contributed by atoms with E-state index in [1.807, 2.05) is 18.2 Å². The van der Waals surface area contributed by atoms with Gasteiger partial charge in [0.05, 0.1) is 20.3 Å². The van der Waals surface area contributed by atoms with Gasteiger partial charge in [0.1, 0.15) is 0 Å². The minimum absolute atomic E-state index is 0. The highest BCUT2D eigenvalue weighted by Gasteiger charge is 2.12. The zero-order chi connectivity index (χ0) is 19.3. The Morgan fingerprint density at radius 2 is 1.75 bits per heavy atom. The van der Waals surface area contributed by atoms with Gasteiger partial charge in [-0.3, -0.25) is 4.99 Å². The first-order valence-corrected chi connectivity index (χ1v) is 10.1. The first kappa shape index (κ1) is 24.8. The molecule has 1 fully saturated rings. The van der Waals surface area contributed by atoms with E-state index < -0.39 is 0 Å². The molecule has 6 nitrogen and oxygen atoms in total. The lowest BCUT2D eigenvalue weighted by Gasteiger charge is -2.16. The topological polar surface area (TPSA) is 64.1 Å². The SMILES string of the molecule is CN=C(NCCCCOC1CCCCCC1)Nc1ccc(OC)c(OC)c1.I. The first-order chi connectivity index (χ1) is 13.3. The van der Waals surface area contributed by atoms with Crippen LogP contribution in [-0.2, 0) is 4.74 Å². The molecule has 0 saturated heterocycles. The zero-order valence-electron chi connectivity index (χ0n) is 17.5. The minimum atomic E-state index is 0. The fourth-order valence-corrected chi connectivity index (χ4v) is 3.32. The van der Waals surface area contributed by atoms with Gasteiger partial charge >= 0.3 is 0 Å². The molecule has 0 unspecified atom stereocenters. The Morgan fingerprint density at radius 1 is 1.04 bits per heavy atom. The van der Waals surface area contributed by atoms with Gasteiger partial charge < -0.3 is 24.8 Å². The van der Waals surface area contributed by atoms with E-state index >= 15 is 0 Å². The van der Waals surface area contributed by atoms with Crippen LogP contribution in [-0.4, -0.2) is 46.5 Å². The average Bonchev–Trinajstić information content (AvgIpc) is 2.98. The molecule has 160 valence electrons. The highest BCUT2D eigenvalue weighted by atomic mass is 127. The van der Waals surface area contributed by atoms with Crippen LogP contribution in [0.25, 0.3) is 0 Å². The van der Waals surface area contributed by atoms with Crippen molar-refractivity contribution in [3.05, 3.63) is 18.2 Å². The first-order valence-electron chi connectivity index (χ1n) is 10.1. The van der Waals surface area contributed by atoms with Gasteiger partial charge in [-0.15, -0.1) is 24.0 Å². The van der Waals surface area contributed by atoms with Crippen molar-refractivity contribution in [2.75, 3.05) is 39.7 Å². The van der Waals surface area contributed by atoms with Gasteiger partial charge in [0.25, 0.3) is 0 Å². The van der Waals surface area contributed by atoms with Gasteiger partial charge in [-0.1, -0.05) is 25.7 Å². The summed E-state index contributed by atoms with van der Waals surface area (Å²) in [5.41, 5.74) is 0.900. The number of hydrogen-bond acceptors (Lipinski definition) is 4. The molecule has 1 aliphatic carbocycles. The quantitative estimate of drug-likeness (QED) is 0.166. The van der Waals surface area contributed by atoms with E-state index in [1.165, 1.54) is 38.5 Å². The molecule has 28 heavy (non-hydrogen) atoms. The highest BCUT2D eigenvalue weighted by Crippen LogP contribution is 2.29. The van der Waals surface area contributed by atoms with Crippen LogP contribution in [0.5, 0.6) is 11.5 Å². The number of benzene rings is 1. The van der Waals surface area contributed by atoms with Crippen LogP contribution in [0.15, 0.2) is 23.2 Å². The molecule has 0 aromatic heterocycles. The number of guanidine groups is 1. The summed E-state index contributed by atoms with van der Waals surface area (Å²) in [6.07, 6.45) is 10.5. The van der Waals surface area contributed by atoms with Crippen molar-refractivity contribution in [2.24, 2.45) is 4.99 Å². The van der Waals surface area contributed by atoms with Crippen LogP contribution < -0.4 is 20.1 Å². The third kappa shape index (κ3) is 8.86. The Morgan fingerprint density at radius 3 is 2.39 bits per heavy atom. The maximum Gasteiger partial charge on any atom is 0.195 e. The van der Waals surface area contributed by atoms with E-state index in [0.29, 0.717) is 17.6 Å². The summed E-state index contributed by atoms with van der Waals surface area (Å²) in [7, 11) is 5.03. The zero-order valence-corrected chi connectivity index (χ0v) is 19.8. The Kier molecular flexibility index (Phi) is 13.1. The Labute approximate surface area is 186 Å². The fourth-order valence-electron chi connectivity index (χ4n) is 3.32. The predicted octanol–water partition coefficient (Wildman–Crippen LogP) is 4.83. The number of anilines is 1. The summed E-state index contributed by atoms with van der Waals surface area (Å²) < 4.78 is 16.6. The van der Waals surface area contributed by atoms with Gasteiger partial charge in [-0.05, 0) is 37.8 Å². The Balaban J connectivity index is 0.00000392. The van der Waals surface area contributed by atoms with Gasteiger partial charge in [0.2, 0.25) is 0 Å². The van der Waals surface area contributed by atoms with E-state index in [-0.39, 0.29) is 24.0 Å². The normalized spacial score (nSPS) is 15.3. The summed E-state index contributed by atoms with van der Waals surface area (Å²) >= 11 is 0. The lowest BCUT2D eigenvalue weighted by Crippen LogP contribution is -2.31. The van der Waals surface area contributed by atoms with Crippen LogP contribution >= 0.6 is 24.0 Å². The molecule has 0 radical (unpaired) electrons. The molecule has 2 N–H and O–H groups in total. The van der Waals surface area contributed by atoms with Crippen LogP contribution in [0, 0.1) is 0 Å². The monoisotopic (exact) mass is 505 g/mol. The van der Waals surface area contributed by atoms with Gasteiger partial charge in [0, 0.05) is 32.0 Å². The molecule has 1 aromatic carbocycles. The van der Waals surface area contributed by atoms with Crippen molar-refractivity contribution in [3.8, 4) is 11.5 Å². The average molecular weight is 505 g/mol. The predicted molar refractivity (Wildman–Crippen MR) is 127 cm³/mol. The number of halogens is 1. The molecular weight excluding hydrogens is 469 g/mol. The third-order valence-corrected chi connectivity index (χ3v) is 4.89. The summed E-state index contributed by atoms with van der Waals surface area (Å²) in [5.74, 6) is 2.14. The molecule has 2 rings (SSSR count). The van der Waals surface area contributed by atoms with E-state index in [4.69, 9.17) is 14.2 Å². The highest BCUT2D eigenvalue weighted by molar-refractivity contribution is 14.0. The second kappa shape index (κ2) is 14.7. The molecule has 0 spiro atoms. The number of unbranched alkanes of at least 4 members (excludes halogenated alkanes) is 1. The van der Waals surface area contributed by atoms with E-state index in [1.54, 1.807) is 21.3 Å². The van der Waals surface area contributed by atoms with Crippen molar-refractivity contribution < 1.29 is 14.2 Å². The second-order valence-electron chi connectivity index (χ2n) is 6.89. The summed E-state index contributed by atoms with van der Waals surface area (Å²) in [6.45, 7) is 1.72. The van der Waals surface area contributed by atoms with Crippen molar-refractivity contribution >= 4 is 35.6 Å². The standard InChI is InChI=1S/C21H35N3O3.HI/c1-22-21(24-17-12-13-19(25-2)20(16-17)26-3)23-14-8-9-15-27-18-10-6-4-5-7-11-18;/h12-13,16,18H,4-11,14-15H2,1-3H3,(H2,22,23,24);1H. The van der Waals surface area contributed by atoms with Crippen molar-refractivity contribution in [3.63, 3.8) is 0 Å². The van der Waals surface area contributed by atoms with Gasteiger partial charge in [-0.2, -0.15) is 0 Å². The second-order valence-corrected chi connectivity index (χ2v) is 6.89. The number of methoxy groups -OCH3 is 2. The van der Waals surface area contributed by atoms with Crippen LogP contribution in [0.4, 0.5) is 5.69 Å². The molecule has 1 saturated carbocycles. The summed E-state index contributed by atoms with van der Waals surface area (Å²) in [4.78, 5) is 4.27. The molecule has 7 heteroatoms. The van der Waals surface area contributed by atoms with Gasteiger partial charge in [0.15, 0.2) is 17.5 Å². The molecule has 0 atom stereocenters. The van der Waals surface area contributed by atoms with Crippen LogP contribution in [0.1, 0.15) is 51.4 Å². The maximum absolute atomic E-state index is 6.04. The number of nitrogens with zero attached hydrogens (tertiary/aromatic N) is 1. The third-order valence-electron chi connectivity index (χ3n) is 4.89. The molecule has 1 aromatic rings. The van der Waals surface area contributed by atoms with Crippen molar-refractivity contribution in [1.82, 2.24) is 5.32 Å². The molecule has 0 amide bonds. The number of ether oxygens (including phenoxy) is 3. The molecule has 0 heterocycles. The van der Waals surface area contributed by atoms with E-state index in [9.17, 15) is 0 Å². The van der Waals surface area contributed by atoms with Crippen molar-refractivity contribution in [1.29, 1.82) is 0 Å². The molecular formula is C21H36IN3O3. The molecule has 1 aliphatic rings. The summed E-state index contributed by atoms with van der Waals surface area (Å²) in [5, 5.41) is 6.62. The van der Waals surface area contributed by atoms with Crippen LogP contribution in [0.3, 0.4) is 0 Å². The Bertz CT molecular complexity index is 576. The summed E-state index contributed by atoms with van der Waals surface area (Å²) in [6, 6.07) is 5.71. The van der Waals surface area contributed by atoms with Gasteiger partial charge in [-0.25, -0.2) is 0 Å². The number of rotatable bonds is 9. The smallest absolute Gasteiger partial charge is 0.195 e. The number of nitrogens with one attached hydrogen (secondary N) is 2. The lowest BCUT2D eigenvalue weighted by atomic mass is 10.1. The fraction of sp³-hybridized carbons (Fsp3) is 0.667. The molecule has 0 bridgehead atoms. The van der Waals surface area contributed by atoms with Crippen molar-refractivity contribution in [2.45, 2.75) is 57.5 Å². The minimum Gasteiger partial charge on any atom is -0.493 e. The lowest BCUT2D eigenvalue weighted by molar-refractivity contribution is 0.0411. The maximum atomic E-state index is 6.04. The largest absolute Gasteiger partial charge is 0.493 e. The number of hydrogen-bond donors (Lipinski definition) is 2. The number of aliphatic imine (C=N–C) groups is 1. The van der Waals surface area contributed by atoms with E-state index in [0.717, 1.165) is 37.6 Å². The Hall–Kier alpha value is -1.22.